The van der Waals surface area contributed by atoms with E-state index in [2.05, 4.69) is 26.2 Å². The van der Waals surface area contributed by atoms with E-state index in [1.807, 2.05) is 24.3 Å². The molecule has 1 fully saturated rings. The summed E-state index contributed by atoms with van der Waals surface area (Å²) in [6.07, 6.45) is 5.04. The molecule has 2 aromatic rings. The molecule has 1 saturated carbocycles. The molecule has 5 nitrogen and oxygen atoms in total. The van der Waals surface area contributed by atoms with Crippen LogP contribution in [0, 0.1) is 0 Å². The quantitative estimate of drug-likeness (QED) is 0.850. The Bertz CT molecular complexity index is 697. The summed E-state index contributed by atoms with van der Waals surface area (Å²) in [7, 11) is 0. The fourth-order valence-corrected chi connectivity index (χ4v) is 3.03. The molecule has 3 rings (SSSR count). The number of amides is 1. The number of pyridine rings is 1. The van der Waals surface area contributed by atoms with Gasteiger partial charge in [-0.3, -0.25) is 4.79 Å². The fraction of sp³-hybridized carbons (Fsp3) is 0.294. The van der Waals surface area contributed by atoms with Crippen LogP contribution in [-0.2, 0) is 4.79 Å². The van der Waals surface area contributed by atoms with Gasteiger partial charge in [-0.1, -0.05) is 34.8 Å². The van der Waals surface area contributed by atoms with E-state index >= 15 is 0 Å². The van der Waals surface area contributed by atoms with E-state index in [0.717, 1.165) is 30.2 Å². The van der Waals surface area contributed by atoms with Crippen molar-refractivity contribution in [3.63, 3.8) is 0 Å². The van der Waals surface area contributed by atoms with Gasteiger partial charge in [0, 0.05) is 10.5 Å². The van der Waals surface area contributed by atoms with Crippen molar-refractivity contribution in [1.29, 1.82) is 0 Å². The van der Waals surface area contributed by atoms with E-state index in [0.29, 0.717) is 17.3 Å². The summed E-state index contributed by atoms with van der Waals surface area (Å²) in [5, 5.41) is 2.84. The largest absolute Gasteiger partial charge is 0.439 e. The van der Waals surface area contributed by atoms with Gasteiger partial charge in [-0.05, 0) is 37.1 Å². The third kappa shape index (κ3) is 3.89. The average molecular weight is 376 g/mol. The molecule has 1 aliphatic rings. The Kier molecular flexibility index (Phi) is 4.63. The Morgan fingerprint density at radius 3 is 2.70 bits per heavy atom. The van der Waals surface area contributed by atoms with Gasteiger partial charge in [-0.25, -0.2) is 4.98 Å². The van der Waals surface area contributed by atoms with E-state index in [-0.39, 0.29) is 5.91 Å². The van der Waals surface area contributed by atoms with Crippen LogP contribution in [0.15, 0.2) is 47.1 Å². The van der Waals surface area contributed by atoms with Crippen LogP contribution < -0.4 is 15.8 Å². The Labute approximate surface area is 143 Å². The molecule has 1 aromatic heterocycles. The molecule has 0 atom stereocenters. The lowest BCUT2D eigenvalue weighted by Gasteiger charge is -2.22. The molecular formula is C17H18BrN3O2. The third-order valence-electron chi connectivity index (χ3n) is 3.96. The lowest BCUT2D eigenvalue weighted by atomic mass is 9.98. The number of carbonyl (C=O) groups is 1. The average Bonchev–Trinajstić information content (AvgIpc) is 2.97. The summed E-state index contributed by atoms with van der Waals surface area (Å²) in [6.45, 7) is 0. The molecule has 1 aliphatic carbocycles. The molecule has 1 aromatic carbocycles. The maximum atomic E-state index is 12.2. The van der Waals surface area contributed by atoms with Gasteiger partial charge in [0.25, 0.3) is 0 Å². The van der Waals surface area contributed by atoms with Crippen LogP contribution in [0.4, 0.5) is 5.69 Å². The number of nitrogens with zero attached hydrogens (tertiary/aromatic N) is 1. The predicted octanol–water partition coefficient (Wildman–Crippen LogP) is 3.85. The molecule has 0 spiro atoms. The van der Waals surface area contributed by atoms with Crippen molar-refractivity contribution in [2.45, 2.75) is 31.2 Å². The van der Waals surface area contributed by atoms with E-state index in [4.69, 9.17) is 10.5 Å². The summed E-state index contributed by atoms with van der Waals surface area (Å²) in [6, 6.07) is 11.0. The summed E-state index contributed by atoms with van der Waals surface area (Å²) >= 11 is 3.39. The highest BCUT2D eigenvalue weighted by molar-refractivity contribution is 9.10. The predicted molar refractivity (Wildman–Crippen MR) is 92.5 cm³/mol. The van der Waals surface area contributed by atoms with Crippen LogP contribution >= 0.6 is 15.9 Å². The minimum Gasteiger partial charge on any atom is -0.439 e. The van der Waals surface area contributed by atoms with Gasteiger partial charge in [-0.2, -0.15) is 0 Å². The highest BCUT2D eigenvalue weighted by Gasteiger charge is 2.36. The van der Waals surface area contributed by atoms with E-state index in [1.54, 1.807) is 18.3 Å². The number of halogens is 1. The zero-order chi connectivity index (χ0) is 16.3. The SMILES string of the molecule is NC1(C(=O)Nc2ccc(Oc3cccc(Br)c3)nc2)CCCC1. The molecule has 0 bridgehead atoms. The highest BCUT2D eigenvalue weighted by Crippen LogP contribution is 2.29. The lowest BCUT2D eigenvalue weighted by molar-refractivity contribution is -0.121. The molecule has 0 radical (unpaired) electrons. The normalized spacial score (nSPS) is 16.1. The summed E-state index contributed by atoms with van der Waals surface area (Å²) in [5.41, 5.74) is 6.01. The molecule has 1 amide bonds. The van der Waals surface area contributed by atoms with Crippen molar-refractivity contribution in [2.75, 3.05) is 5.32 Å². The minimum absolute atomic E-state index is 0.141. The van der Waals surface area contributed by atoms with Crippen LogP contribution in [0.2, 0.25) is 0 Å². The van der Waals surface area contributed by atoms with Crippen molar-refractivity contribution >= 4 is 27.5 Å². The van der Waals surface area contributed by atoms with Gasteiger partial charge in [0.05, 0.1) is 17.4 Å². The van der Waals surface area contributed by atoms with Gasteiger partial charge in [0.1, 0.15) is 5.75 Å². The van der Waals surface area contributed by atoms with Crippen LogP contribution in [-0.4, -0.2) is 16.4 Å². The molecule has 23 heavy (non-hydrogen) atoms. The van der Waals surface area contributed by atoms with Crippen LogP contribution in [0.1, 0.15) is 25.7 Å². The van der Waals surface area contributed by atoms with Gasteiger partial charge in [0.15, 0.2) is 0 Å². The first-order valence-electron chi connectivity index (χ1n) is 7.55. The van der Waals surface area contributed by atoms with Crippen molar-refractivity contribution in [3.05, 3.63) is 47.1 Å². The molecule has 0 unspecified atom stereocenters. The maximum Gasteiger partial charge on any atom is 0.244 e. The second-order valence-electron chi connectivity index (χ2n) is 5.76. The summed E-state index contributed by atoms with van der Waals surface area (Å²) in [5.74, 6) is 1.01. The number of ether oxygens (including phenoxy) is 1. The summed E-state index contributed by atoms with van der Waals surface area (Å²) < 4.78 is 6.59. The van der Waals surface area contributed by atoms with E-state index in [1.165, 1.54) is 0 Å². The van der Waals surface area contributed by atoms with E-state index < -0.39 is 5.54 Å². The molecule has 0 saturated heterocycles. The fourth-order valence-electron chi connectivity index (χ4n) is 2.65. The Morgan fingerprint density at radius 1 is 1.26 bits per heavy atom. The van der Waals surface area contributed by atoms with E-state index in [9.17, 15) is 4.79 Å². The molecular weight excluding hydrogens is 358 g/mol. The first-order valence-corrected chi connectivity index (χ1v) is 8.34. The molecule has 6 heteroatoms. The molecule has 3 N–H and O–H groups in total. The Morgan fingerprint density at radius 2 is 2.04 bits per heavy atom. The number of aromatic nitrogens is 1. The number of nitrogens with two attached hydrogens (primary N) is 1. The smallest absolute Gasteiger partial charge is 0.244 e. The van der Waals surface area contributed by atoms with Crippen LogP contribution in [0.25, 0.3) is 0 Å². The second kappa shape index (κ2) is 6.68. The number of anilines is 1. The Hall–Kier alpha value is -1.92. The van der Waals surface area contributed by atoms with Gasteiger partial charge >= 0.3 is 0 Å². The number of hydrogen-bond acceptors (Lipinski definition) is 4. The summed E-state index contributed by atoms with van der Waals surface area (Å²) in [4.78, 5) is 16.5. The van der Waals surface area contributed by atoms with Crippen molar-refractivity contribution in [3.8, 4) is 11.6 Å². The first-order chi connectivity index (χ1) is 11.0. The monoisotopic (exact) mass is 375 g/mol. The molecule has 120 valence electrons. The number of hydrogen-bond donors (Lipinski definition) is 2. The van der Waals surface area contributed by atoms with Gasteiger partial charge in [0.2, 0.25) is 11.8 Å². The zero-order valence-corrected chi connectivity index (χ0v) is 14.2. The topological polar surface area (TPSA) is 77.2 Å². The number of carbonyl (C=O) groups excluding carboxylic acids is 1. The lowest BCUT2D eigenvalue weighted by Crippen LogP contribution is -2.48. The molecule has 1 heterocycles. The second-order valence-corrected chi connectivity index (χ2v) is 6.68. The number of rotatable bonds is 4. The van der Waals surface area contributed by atoms with Crippen LogP contribution in [0.5, 0.6) is 11.6 Å². The Balaban J connectivity index is 1.64. The van der Waals surface area contributed by atoms with Crippen molar-refractivity contribution in [2.24, 2.45) is 5.73 Å². The van der Waals surface area contributed by atoms with Gasteiger partial charge < -0.3 is 15.8 Å². The van der Waals surface area contributed by atoms with Crippen LogP contribution in [0.3, 0.4) is 0 Å². The standard InChI is InChI=1S/C17H18BrN3O2/c18-12-4-3-5-14(10-12)23-15-7-6-13(11-20-15)21-16(22)17(19)8-1-2-9-17/h3-7,10-11H,1-2,8-9,19H2,(H,21,22). The minimum atomic E-state index is -0.745. The number of benzene rings is 1. The molecule has 0 aliphatic heterocycles. The first kappa shape index (κ1) is 16.0. The maximum absolute atomic E-state index is 12.2. The zero-order valence-electron chi connectivity index (χ0n) is 12.6. The van der Waals surface area contributed by atoms with Crippen molar-refractivity contribution in [1.82, 2.24) is 4.98 Å². The number of nitrogens with one attached hydrogen (secondary N) is 1. The van der Waals surface area contributed by atoms with Crippen molar-refractivity contribution < 1.29 is 9.53 Å². The van der Waals surface area contributed by atoms with Gasteiger partial charge in [-0.15, -0.1) is 0 Å². The third-order valence-corrected chi connectivity index (χ3v) is 4.45. The highest BCUT2D eigenvalue weighted by atomic mass is 79.9.